The summed E-state index contributed by atoms with van der Waals surface area (Å²) in [6.45, 7) is 0. The van der Waals surface area contributed by atoms with Gasteiger partial charge in [-0.05, 0) is 48.9 Å². The lowest BCUT2D eigenvalue weighted by Crippen LogP contribution is -2.38. The minimum absolute atomic E-state index is 0.0331. The summed E-state index contributed by atoms with van der Waals surface area (Å²) >= 11 is 0. The fraction of sp³-hybridized carbons (Fsp3) is 0.412. The molecule has 2 fully saturated rings. The standard InChI is InChI=1S/C17H17NO3/c1-21-13-8-6-12(7-9-13)18-16(19)14-10-2-3-11(5-4-10)15(14)17(18)20/h2-3,6-11,14-15H,4-5H2,1H3. The first-order valence-electron chi connectivity index (χ1n) is 7.41. The van der Waals surface area contributed by atoms with Crippen molar-refractivity contribution in [3.05, 3.63) is 36.4 Å². The molecule has 1 heterocycles. The van der Waals surface area contributed by atoms with Crippen LogP contribution < -0.4 is 9.64 Å². The van der Waals surface area contributed by atoms with Gasteiger partial charge in [-0.2, -0.15) is 0 Å². The van der Waals surface area contributed by atoms with Crippen molar-refractivity contribution in [2.45, 2.75) is 12.8 Å². The van der Waals surface area contributed by atoms with Gasteiger partial charge >= 0.3 is 0 Å². The molecule has 0 aromatic heterocycles. The number of hydrogen-bond acceptors (Lipinski definition) is 3. The summed E-state index contributed by atoms with van der Waals surface area (Å²) in [7, 11) is 1.60. The van der Waals surface area contributed by atoms with Crippen molar-refractivity contribution in [1.29, 1.82) is 0 Å². The van der Waals surface area contributed by atoms with Crippen LogP contribution in [0.5, 0.6) is 5.75 Å². The number of benzene rings is 1. The largest absolute Gasteiger partial charge is 0.497 e. The Kier molecular flexibility index (Phi) is 2.67. The number of carbonyl (C=O) groups is 2. The van der Waals surface area contributed by atoms with Crippen LogP contribution in [0.1, 0.15) is 12.8 Å². The molecule has 3 aliphatic carbocycles. The number of fused-ring (bicyclic) bond motifs is 1. The van der Waals surface area contributed by atoms with Gasteiger partial charge in [-0.1, -0.05) is 12.2 Å². The Hall–Kier alpha value is -2.10. The topological polar surface area (TPSA) is 46.6 Å². The van der Waals surface area contributed by atoms with Crippen LogP contribution in [0, 0.1) is 23.7 Å². The second kappa shape index (κ2) is 4.45. The summed E-state index contributed by atoms with van der Waals surface area (Å²) in [5.74, 6) is 0.825. The van der Waals surface area contributed by atoms with Crippen LogP contribution in [0.3, 0.4) is 0 Å². The molecule has 1 saturated carbocycles. The number of carbonyl (C=O) groups excluding carboxylic acids is 2. The normalized spacial score (nSPS) is 33.5. The fourth-order valence-electron chi connectivity index (χ4n) is 4.06. The maximum Gasteiger partial charge on any atom is 0.238 e. The predicted molar refractivity (Wildman–Crippen MR) is 77.8 cm³/mol. The molecule has 4 heteroatoms. The highest BCUT2D eigenvalue weighted by molar-refractivity contribution is 6.22. The molecule has 21 heavy (non-hydrogen) atoms. The van der Waals surface area contributed by atoms with Crippen LogP contribution in [-0.4, -0.2) is 18.9 Å². The van der Waals surface area contributed by atoms with Crippen LogP contribution in [0.15, 0.2) is 36.4 Å². The Bertz CT molecular complexity index is 602. The molecule has 0 N–H and O–H groups in total. The third kappa shape index (κ3) is 1.68. The predicted octanol–water partition coefficient (Wildman–Crippen LogP) is 2.40. The van der Waals surface area contributed by atoms with E-state index in [-0.39, 0.29) is 35.5 Å². The molecule has 0 spiro atoms. The van der Waals surface area contributed by atoms with E-state index in [1.54, 1.807) is 31.4 Å². The second-order valence-electron chi connectivity index (χ2n) is 6.05. The van der Waals surface area contributed by atoms with E-state index in [9.17, 15) is 9.59 Å². The van der Waals surface area contributed by atoms with Crippen molar-refractivity contribution in [3.8, 4) is 5.75 Å². The lowest BCUT2D eigenvalue weighted by Gasteiger charge is -2.38. The Labute approximate surface area is 123 Å². The lowest BCUT2D eigenvalue weighted by atomic mass is 9.63. The van der Waals surface area contributed by atoms with E-state index in [2.05, 4.69) is 12.2 Å². The molecule has 1 aromatic carbocycles. The molecule has 1 aromatic rings. The van der Waals surface area contributed by atoms with Gasteiger partial charge in [-0.15, -0.1) is 0 Å². The van der Waals surface area contributed by atoms with Gasteiger partial charge in [-0.25, -0.2) is 0 Å². The Morgan fingerprint density at radius 3 is 1.90 bits per heavy atom. The highest BCUT2D eigenvalue weighted by Crippen LogP contribution is 2.50. The SMILES string of the molecule is COc1ccc(N2C(=O)C3C4C=CC(CC4)C3C2=O)cc1. The first-order chi connectivity index (χ1) is 10.2. The number of hydrogen-bond donors (Lipinski definition) is 0. The Morgan fingerprint density at radius 2 is 1.48 bits per heavy atom. The second-order valence-corrected chi connectivity index (χ2v) is 6.05. The van der Waals surface area contributed by atoms with E-state index in [1.807, 2.05) is 0 Å². The first kappa shape index (κ1) is 12.6. The molecular formula is C17H17NO3. The molecule has 4 aliphatic rings. The maximum atomic E-state index is 12.7. The summed E-state index contributed by atoms with van der Waals surface area (Å²) < 4.78 is 5.13. The summed E-state index contributed by atoms with van der Waals surface area (Å²) in [6.07, 6.45) is 6.33. The number of methoxy groups -OCH3 is 1. The van der Waals surface area contributed by atoms with Crippen molar-refractivity contribution < 1.29 is 14.3 Å². The average molecular weight is 283 g/mol. The molecular weight excluding hydrogens is 266 g/mol. The van der Waals surface area contributed by atoms with Gasteiger partial charge < -0.3 is 4.74 Å². The molecule has 1 aliphatic heterocycles. The zero-order valence-electron chi connectivity index (χ0n) is 11.9. The fourth-order valence-corrected chi connectivity index (χ4v) is 4.06. The number of nitrogens with zero attached hydrogens (tertiary/aromatic N) is 1. The summed E-state index contributed by atoms with van der Waals surface area (Å²) in [6, 6.07) is 7.12. The van der Waals surface area contributed by atoms with Crippen LogP contribution in [-0.2, 0) is 9.59 Å². The van der Waals surface area contributed by atoms with Gasteiger partial charge in [0.1, 0.15) is 5.75 Å². The number of rotatable bonds is 2. The molecule has 4 atom stereocenters. The quantitative estimate of drug-likeness (QED) is 0.618. The smallest absolute Gasteiger partial charge is 0.238 e. The molecule has 108 valence electrons. The summed E-state index contributed by atoms with van der Waals surface area (Å²) in [5.41, 5.74) is 0.652. The monoisotopic (exact) mass is 283 g/mol. The van der Waals surface area contributed by atoms with E-state index in [0.29, 0.717) is 5.69 Å². The van der Waals surface area contributed by atoms with E-state index < -0.39 is 0 Å². The van der Waals surface area contributed by atoms with Gasteiger partial charge in [0.25, 0.3) is 0 Å². The van der Waals surface area contributed by atoms with E-state index >= 15 is 0 Å². The number of imide groups is 1. The molecule has 1 saturated heterocycles. The third-order valence-corrected chi connectivity index (χ3v) is 5.09. The van der Waals surface area contributed by atoms with Crippen molar-refractivity contribution in [2.75, 3.05) is 12.0 Å². The minimum atomic E-state index is -0.150. The summed E-state index contributed by atoms with van der Waals surface area (Å²) in [5, 5.41) is 0. The minimum Gasteiger partial charge on any atom is -0.497 e. The zero-order chi connectivity index (χ0) is 14.6. The summed E-state index contributed by atoms with van der Waals surface area (Å²) in [4.78, 5) is 26.9. The van der Waals surface area contributed by atoms with Crippen LogP contribution >= 0.6 is 0 Å². The lowest BCUT2D eigenvalue weighted by molar-refractivity contribution is -0.124. The average Bonchev–Trinajstić information content (AvgIpc) is 2.82. The Morgan fingerprint density at radius 1 is 0.952 bits per heavy atom. The van der Waals surface area contributed by atoms with E-state index in [1.165, 1.54) is 4.90 Å². The zero-order valence-corrected chi connectivity index (χ0v) is 11.9. The highest BCUT2D eigenvalue weighted by atomic mass is 16.5. The van der Waals surface area contributed by atoms with Gasteiger partial charge in [0.05, 0.1) is 24.6 Å². The molecule has 2 amide bonds. The number of ether oxygens (including phenoxy) is 1. The molecule has 5 rings (SSSR count). The van der Waals surface area contributed by atoms with Crippen LogP contribution in [0.2, 0.25) is 0 Å². The van der Waals surface area contributed by atoms with Gasteiger partial charge in [-0.3, -0.25) is 14.5 Å². The number of anilines is 1. The number of allylic oxidation sites excluding steroid dienone is 2. The van der Waals surface area contributed by atoms with Gasteiger partial charge in [0.15, 0.2) is 0 Å². The van der Waals surface area contributed by atoms with Gasteiger partial charge in [0, 0.05) is 0 Å². The molecule has 4 nitrogen and oxygen atoms in total. The Balaban J connectivity index is 1.71. The van der Waals surface area contributed by atoms with Crippen molar-refractivity contribution in [2.24, 2.45) is 23.7 Å². The van der Waals surface area contributed by atoms with Crippen molar-refractivity contribution in [1.82, 2.24) is 0 Å². The molecule has 2 bridgehead atoms. The van der Waals surface area contributed by atoms with E-state index in [4.69, 9.17) is 4.74 Å². The molecule has 0 radical (unpaired) electrons. The van der Waals surface area contributed by atoms with Crippen molar-refractivity contribution >= 4 is 17.5 Å². The van der Waals surface area contributed by atoms with E-state index in [0.717, 1.165) is 18.6 Å². The highest BCUT2D eigenvalue weighted by Gasteiger charge is 2.56. The van der Waals surface area contributed by atoms with Gasteiger partial charge in [0.2, 0.25) is 11.8 Å². The maximum absolute atomic E-state index is 12.7. The third-order valence-electron chi connectivity index (χ3n) is 5.09. The van der Waals surface area contributed by atoms with Crippen LogP contribution in [0.4, 0.5) is 5.69 Å². The first-order valence-corrected chi connectivity index (χ1v) is 7.41. The number of amides is 2. The molecule has 4 unspecified atom stereocenters. The van der Waals surface area contributed by atoms with Crippen LogP contribution in [0.25, 0.3) is 0 Å². The van der Waals surface area contributed by atoms with Crippen molar-refractivity contribution in [3.63, 3.8) is 0 Å².